The Labute approximate surface area is 115 Å². The van der Waals surface area contributed by atoms with E-state index in [1.165, 1.54) is 12.4 Å². The minimum absolute atomic E-state index is 0.00214. The zero-order valence-corrected chi connectivity index (χ0v) is 10.5. The van der Waals surface area contributed by atoms with Gasteiger partial charge in [0.1, 0.15) is 0 Å². The molecule has 102 valence electrons. The van der Waals surface area contributed by atoms with E-state index >= 15 is 0 Å². The number of amides is 2. The minimum atomic E-state index is -0.614. The molecule has 1 aromatic carbocycles. The Morgan fingerprint density at radius 3 is 2.45 bits per heavy atom. The largest absolute Gasteiger partial charge is 0.382 e. The molecule has 7 nitrogen and oxygen atoms in total. The molecule has 0 atom stereocenters. The van der Waals surface area contributed by atoms with Gasteiger partial charge in [0.25, 0.3) is 5.91 Å². The summed E-state index contributed by atoms with van der Waals surface area (Å²) in [4.78, 5) is 30.9. The average molecular weight is 271 g/mol. The van der Waals surface area contributed by atoms with Gasteiger partial charge in [-0.05, 0) is 5.56 Å². The number of carbonyl (C=O) groups is 2. The van der Waals surface area contributed by atoms with Crippen molar-refractivity contribution in [2.45, 2.75) is 6.42 Å². The highest BCUT2D eigenvalue weighted by Gasteiger charge is 2.12. The lowest BCUT2D eigenvalue weighted by Gasteiger charge is -2.07. The van der Waals surface area contributed by atoms with Crippen LogP contribution in [0.5, 0.6) is 0 Å². The number of nitrogens with two attached hydrogens (primary N) is 1. The second kappa shape index (κ2) is 6.28. The molecule has 0 bridgehead atoms. The third kappa shape index (κ3) is 3.52. The fourth-order valence-corrected chi connectivity index (χ4v) is 1.53. The van der Waals surface area contributed by atoms with Crippen molar-refractivity contribution in [1.82, 2.24) is 20.8 Å². The first-order valence-corrected chi connectivity index (χ1v) is 5.86. The van der Waals surface area contributed by atoms with Crippen molar-refractivity contribution in [3.8, 4) is 0 Å². The van der Waals surface area contributed by atoms with Crippen LogP contribution in [-0.4, -0.2) is 21.8 Å². The summed E-state index contributed by atoms with van der Waals surface area (Å²) in [7, 11) is 0. The number of hydrogen-bond donors (Lipinski definition) is 3. The number of nitrogens with zero attached hydrogens (tertiary/aromatic N) is 2. The maximum absolute atomic E-state index is 11.7. The molecule has 1 aromatic heterocycles. The Morgan fingerprint density at radius 2 is 1.75 bits per heavy atom. The zero-order valence-electron chi connectivity index (χ0n) is 10.5. The average Bonchev–Trinajstić information content (AvgIpc) is 2.46. The maximum atomic E-state index is 11.7. The number of hydrogen-bond acceptors (Lipinski definition) is 5. The highest BCUT2D eigenvalue weighted by Crippen LogP contribution is 2.02. The van der Waals surface area contributed by atoms with E-state index in [4.69, 9.17) is 5.73 Å². The van der Waals surface area contributed by atoms with Crippen LogP contribution >= 0.6 is 0 Å². The maximum Gasteiger partial charge on any atom is 0.292 e. The molecule has 0 aliphatic heterocycles. The normalized spacial score (nSPS) is 9.80. The number of anilines is 1. The summed E-state index contributed by atoms with van der Waals surface area (Å²) in [5, 5.41) is 0. The first-order chi connectivity index (χ1) is 9.66. The molecule has 1 heterocycles. The fourth-order valence-electron chi connectivity index (χ4n) is 1.53. The summed E-state index contributed by atoms with van der Waals surface area (Å²) >= 11 is 0. The molecule has 7 heteroatoms. The van der Waals surface area contributed by atoms with Crippen molar-refractivity contribution in [2.24, 2.45) is 0 Å². The lowest BCUT2D eigenvalue weighted by atomic mass is 10.1. The molecule has 0 saturated heterocycles. The topological polar surface area (TPSA) is 110 Å². The van der Waals surface area contributed by atoms with Crippen LogP contribution in [0.15, 0.2) is 42.7 Å². The third-order valence-electron chi connectivity index (χ3n) is 2.46. The molecular formula is C13H13N5O2. The number of nitrogens with one attached hydrogen (secondary N) is 2. The molecule has 0 spiro atoms. The molecule has 2 rings (SSSR count). The second-order valence-corrected chi connectivity index (χ2v) is 3.95. The van der Waals surface area contributed by atoms with Crippen molar-refractivity contribution in [3.63, 3.8) is 0 Å². The highest BCUT2D eigenvalue weighted by atomic mass is 16.2. The lowest BCUT2D eigenvalue weighted by Crippen LogP contribution is -2.43. The van der Waals surface area contributed by atoms with Crippen LogP contribution in [0.3, 0.4) is 0 Å². The Morgan fingerprint density at radius 1 is 1.05 bits per heavy atom. The molecular weight excluding hydrogens is 258 g/mol. The Hall–Kier alpha value is -2.96. The molecule has 2 amide bonds. The summed E-state index contributed by atoms with van der Waals surface area (Å²) in [5.41, 5.74) is 10.8. The molecule has 0 fully saturated rings. The van der Waals surface area contributed by atoms with Gasteiger partial charge in [-0.25, -0.2) is 9.97 Å². The van der Waals surface area contributed by atoms with E-state index in [1.807, 2.05) is 30.3 Å². The summed E-state index contributed by atoms with van der Waals surface area (Å²) in [5.74, 6) is -0.952. The van der Waals surface area contributed by atoms with Crippen LogP contribution in [0.1, 0.15) is 16.1 Å². The van der Waals surface area contributed by atoms with Gasteiger partial charge < -0.3 is 5.73 Å². The molecule has 0 saturated carbocycles. The molecule has 0 aliphatic rings. The first-order valence-electron chi connectivity index (χ1n) is 5.86. The highest BCUT2D eigenvalue weighted by molar-refractivity contribution is 5.97. The molecule has 20 heavy (non-hydrogen) atoms. The monoisotopic (exact) mass is 271 g/mol. The van der Waals surface area contributed by atoms with E-state index in [0.717, 1.165) is 5.56 Å². The van der Waals surface area contributed by atoms with E-state index in [0.29, 0.717) is 0 Å². The Balaban J connectivity index is 1.88. The van der Waals surface area contributed by atoms with E-state index in [9.17, 15) is 9.59 Å². The van der Waals surface area contributed by atoms with Gasteiger partial charge >= 0.3 is 0 Å². The molecule has 0 unspecified atom stereocenters. The number of hydrazine groups is 1. The lowest BCUT2D eigenvalue weighted by molar-refractivity contribution is -0.121. The number of aromatic nitrogens is 2. The Kier molecular flexibility index (Phi) is 4.23. The summed E-state index contributed by atoms with van der Waals surface area (Å²) in [6.07, 6.45) is 2.88. The van der Waals surface area contributed by atoms with Gasteiger partial charge in [0, 0.05) is 12.4 Å². The predicted octanol–water partition coefficient (Wildman–Crippen LogP) is 0.0625. The van der Waals surface area contributed by atoms with Crippen molar-refractivity contribution in [3.05, 3.63) is 54.0 Å². The van der Waals surface area contributed by atoms with Crippen molar-refractivity contribution in [1.29, 1.82) is 0 Å². The van der Waals surface area contributed by atoms with Crippen LogP contribution in [0.25, 0.3) is 0 Å². The quantitative estimate of drug-likeness (QED) is 0.684. The smallest absolute Gasteiger partial charge is 0.292 e. The number of rotatable bonds is 3. The van der Waals surface area contributed by atoms with Gasteiger partial charge in [-0.2, -0.15) is 0 Å². The van der Waals surface area contributed by atoms with E-state index < -0.39 is 5.91 Å². The van der Waals surface area contributed by atoms with Gasteiger partial charge in [-0.1, -0.05) is 30.3 Å². The van der Waals surface area contributed by atoms with Gasteiger partial charge in [-0.3, -0.25) is 20.4 Å². The number of nitrogen functional groups attached to an aromatic ring is 1. The molecule has 2 aromatic rings. The van der Waals surface area contributed by atoms with Gasteiger partial charge in [0.15, 0.2) is 11.5 Å². The van der Waals surface area contributed by atoms with Crippen LogP contribution in [0.2, 0.25) is 0 Å². The third-order valence-corrected chi connectivity index (χ3v) is 2.46. The van der Waals surface area contributed by atoms with E-state index in [-0.39, 0.29) is 23.8 Å². The first kappa shape index (κ1) is 13.5. The summed E-state index contributed by atoms with van der Waals surface area (Å²) < 4.78 is 0. The van der Waals surface area contributed by atoms with Gasteiger partial charge in [0.2, 0.25) is 5.91 Å². The Bertz CT molecular complexity index is 615. The van der Waals surface area contributed by atoms with Gasteiger partial charge in [0.05, 0.1) is 6.42 Å². The van der Waals surface area contributed by atoms with Crippen LogP contribution < -0.4 is 16.6 Å². The van der Waals surface area contributed by atoms with Crippen LogP contribution in [-0.2, 0) is 11.2 Å². The van der Waals surface area contributed by atoms with Crippen LogP contribution in [0, 0.1) is 0 Å². The van der Waals surface area contributed by atoms with E-state index in [2.05, 4.69) is 20.8 Å². The van der Waals surface area contributed by atoms with E-state index in [1.54, 1.807) is 0 Å². The van der Waals surface area contributed by atoms with Gasteiger partial charge in [-0.15, -0.1) is 0 Å². The number of benzene rings is 1. The number of carbonyl (C=O) groups excluding carboxylic acids is 2. The predicted molar refractivity (Wildman–Crippen MR) is 72.2 cm³/mol. The molecule has 0 aliphatic carbocycles. The SMILES string of the molecule is Nc1nccnc1C(=O)NNC(=O)Cc1ccccc1. The molecule has 0 radical (unpaired) electrons. The van der Waals surface area contributed by atoms with Crippen molar-refractivity contribution in [2.75, 3.05) is 5.73 Å². The summed E-state index contributed by atoms with van der Waals surface area (Å²) in [6, 6.07) is 9.17. The molecule has 4 N–H and O–H groups in total. The van der Waals surface area contributed by atoms with Crippen molar-refractivity contribution >= 4 is 17.6 Å². The van der Waals surface area contributed by atoms with Crippen LogP contribution in [0.4, 0.5) is 5.82 Å². The summed E-state index contributed by atoms with van der Waals surface area (Å²) in [6.45, 7) is 0. The minimum Gasteiger partial charge on any atom is -0.382 e. The fraction of sp³-hybridized carbons (Fsp3) is 0.0769. The standard InChI is InChI=1S/C13H13N5O2/c14-12-11(15-6-7-16-12)13(20)18-17-10(19)8-9-4-2-1-3-5-9/h1-7H,8H2,(H2,14,16)(H,17,19)(H,18,20). The zero-order chi connectivity index (χ0) is 14.4. The second-order valence-electron chi connectivity index (χ2n) is 3.95. The van der Waals surface area contributed by atoms with Crippen molar-refractivity contribution < 1.29 is 9.59 Å².